The molecule has 0 spiro atoms. The molecule has 1 aromatic rings. The largest absolute Gasteiger partial charge is 0.466 e. The lowest BCUT2D eigenvalue weighted by Gasteiger charge is -2.20. The number of furan rings is 1. The lowest BCUT2D eigenvalue weighted by molar-refractivity contribution is -0.122. The highest BCUT2D eigenvalue weighted by Crippen LogP contribution is 2.17. The molecule has 1 fully saturated rings. The van der Waals surface area contributed by atoms with E-state index in [1.54, 1.807) is 0 Å². The molecule has 1 aromatic heterocycles. The quantitative estimate of drug-likeness (QED) is 0.813. The monoisotopic (exact) mass is 253 g/mol. The Balaban J connectivity index is 1.69. The molecule has 0 aliphatic carbocycles. The number of carbonyl (C=O) groups is 1. The lowest BCUT2D eigenvalue weighted by Crippen LogP contribution is -2.43. The molecular weight excluding hydrogens is 234 g/mol. The van der Waals surface area contributed by atoms with Gasteiger partial charge in [-0.25, -0.2) is 0 Å². The fourth-order valence-corrected chi connectivity index (χ4v) is 1.94. The summed E-state index contributed by atoms with van der Waals surface area (Å²) in [5.41, 5.74) is -0.892. The van der Waals surface area contributed by atoms with Crippen LogP contribution in [0.15, 0.2) is 16.5 Å². The van der Waals surface area contributed by atoms with Gasteiger partial charge in [0.15, 0.2) is 0 Å². The Labute approximate surface area is 106 Å². The second-order valence-corrected chi connectivity index (χ2v) is 4.82. The number of ether oxygens (including phenoxy) is 1. The maximum Gasteiger partial charge on any atom is 0.220 e. The SMILES string of the molecule is Cc1ccc(CCC(=O)NCC2(O)CCOC2)o1. The molecule has 18 heavy (non-hydrogen) atoms. The molecule has 5 nitrogen and oxygen atoms in total. The number of hydrogen-bond donors (Lipinski definition) is 2. The van der Waals surface area contributed by atoms with E-state index in [-0.39, 0.29) is 12.5 Å². The van der Waals surface area contributed by atoms with Crippen molar-refractivity contribution in [2.45, 2.75) is 31.8 Å². The Kier molecular flexibility index (Phi) is 4.04. The number of aryl methyl sites for hydroxylation is 2. The zero-order chi connectivity index (χ0) is 13.0. The van der Waals surface area contributed by atoms with Gasteiger partial charge in [0.2, 0.25) is 5.91 Å². The summed E-state index contributed by atoms with van der Waals surface area (Å²) < 4.78 is 10.5. The zero-order valence-corrected chi connectivity index (χ0v) is 10.6. The Bertz CT molecular complexity index is 407. The van der Waals surface area contributed by atoms with Gasteiger partial charge in [-0.3, -0.25) is 4.79 Å². The normalized spacial score (nSPS) is 23.2. The van der Waals surface area contributed by atoms with Crippen LogP contribution >= 0.6 is 0 Å². The van der Waals surface area contributed by atoms with Gasteiger partial charge in [0.1, 0.15) is 17.1 Å². The molecule has 1 aliphatic rings. The van der Waals surface area contributed by atoms with Crippen LogP contribution in [0.5, 0.6) is 0 Å². The van der Waals surface area contributed by atoms with E-state index in [1.807, 2.05) is 19.1 Å². The van der Waals surface area contributed by atoms with Gasteiger partial charge in [-0.2, -0.15) is 0 Å². The summed E-state index contributed by atoms with van der Waals surface area (Å²) in [5, 5.41) is 12.7. The summed E-state index contributed by atoms with van der Waals surface area (Å²) in [4.78, 5) is 11.6. The highest BCUT2D eigenvalue weighted by atomic mass is 16.5. The minimum atomic E-state index is -0.892. The van der Waals surface area contributed by atoms with Crippen molar-refractivity contribution < 1.29 is 19.1 Å². The number of carbonyl (C=O) groups excluding carboxylic acids is 1. The molecule has 0 radical (unpaired) electrons. The zero-order valence-electron chi connectivity index (χ0n) is 10.6. The molecule has 100 valence electrons. The first-order valence-electron chi connectivity index (χ1n) is 6.20. The van der Waals surface area contributed by atoms with E-state index in [2.05, 4.69) is 5.32 Å². The highest BCUT2D eigenvalue weighted by Gasteiger charge is 2.32. The van der Waals surface area contributed by atoms with E-state index in [4.69, 9.17) is 9.15 Å². The van der Waals surface area contributed by atoms with Crippen molar-refractivity contribution in [1.29, 1.82) is 0 Å². The molecule has 2 rings (SSSR count). The van der Waals surface area contributed by atoms with Crippen LogP contribution in [0.25, 0.3) is 0 Å². The van der Waals surface area contributed by atoms with Gasteiger partial charge in [-0.05, 0) is 19.1 Å². The molecule has 2 N–H and O–H groups in total. The number of amides is 1. The minimum absolute atomic E-state index is 0.0793. The van der Waals surface area contributed by atoms with Gasteiger partial charge in [-0.1, -0.05) is 0 Å². The Morgan fingerprint density at radius 2 is 2.39 bits per heavy atom. The van der Waals surface area contributed by atoms with Gasteiger partial charge in [-0.15, -0.1) is 0 Å². The molecule has 1 aliphatic heterocycles. The molecule has 0 aromatic carbocycles. The van der Waals surface area contributed by atoms with Gasteiger partial charge in [0.25, 0.3) is 0 Å². The second kappa shape index (κ2) is 5.54. The fourth-order valence-electron chi connectivity index (χ4n) is 1.94. The average Bonchev–Trinajstić information content (AvgIpc) is 2.94. The van der Waals surface area contributed by atoms with Crippen LogP contribution in [0.3, 0.4) is 0 Å². The third-order valence-electron chi connectivity index (χ3n) is 3.09. The fraction of sp³-hybridized carbons (Fsp3) is 0.615. The van der Waals surface area contributed by atoms with Crippen LogP contribution < -0.4 is 5.32 Å². The van der Waals surface area contributed by atoms with Crippen LogP contribution in [-0.4, -0.2) is 36.4 Å². The number of aliphatic hydroxyl groups is 1. The Morgan fingerprint density at radius 1 is 1.56 bits per heavy atom. The Hall–Kier alpha value is -1.33. The lowest BCUT2D eigenvalue weighted by atomic mass is 10.0. The maximum atomic E-state index is 11.6. The molecule has 5 heteroatoms. The first kappa shape index (κ1) is 13.1. The van der Waals surface area contributed by atoms with E-state index in [1.165, 1.54) is 0 Å². The van der Waals surface area contributed by atoms with Gasteiger partial charge < -0.3 is 19.6 Å². The van der Waals surface area contributed by atoms with E-state index in [9.17, 15) is 9.90 Å². The third kappa shape index (κ3) is 3.58. The number of hydrogen-bond acceptors (Lipinski definition) is 4. The molecule has 0 bridgehead atoms. The molecule has 1 amide bonds. The van der Waals surface area contributed by atoms with Gasteiger partial charge in [0.05, 0.1) is 6.61 Å². The van der Waals surface area contributed by atoms with E-state index in [0.717, 1.165) is 11.5 Å². The number of nitrogens with one attached hydrogen (secondary N) is 1. The maximum absolute atomic E-state index is 11.6. The summed E-state index contributed by atoms with van der Waals surface area (Å²) in [5.74, 6) is 1.58. The summed E-state index contributed by atoms with van der Waals surface area (Å²) in [6, 6.07) is 3.76. The average molecular weight is 253 g/mol. The van der Waals surface area contributed by atoms with Gasteiger partial charge in [0, 0.05) is 32.4 Å². The van der Waals surface area contributed by atoms with Crippen LogP contribution in [0.2, 0.25) is 0 Å². The predicted octanol–water partition coefficient (Wildman–Crippen LogP) is 0.788. The molecule has 1 saturated heterocycles. The summed E-state index contributed by atoms with van der Waals surface area (Å²) >= 11 is 0. The van der Waals surface area contributed by atoms with Crippen molar-refractivity contribution in [3.8, 4) is 0 Å². The summed E-state index contributed by atoms with van der Waals surface area (Å²) in [6.45, 7) is 2.98. The second-order valence-electron chi connectivity index (χ2n) is 4.82. The Morgan fingerprint density at radius 3 is 3.00 bits per heavy atom. The third-order valence-corrected chi connectivity index (χ3v) is 3.09. The van der Waals surface area contributed by atoms with Crippen molar-refractivity contribution in [3.63, 3.8) is 0 Å². The predicted molar refractivity (Wildman–Crippen MR) is 65.2 cm³/mol. The van der Waals surface area contributed by atoms with Crippen molar-refractivity contribution in [2.24, 2.45) is 0 Å². The summed E-state index contributed by atoms with van der Waals surface area (Å²) in [7, 11) is 0. The standard InChI is InChI=1S/C13H19NO4/c1-10-2-3-11(18-10)4-5-12(15)14-8-13(16)6-7-17-9-13/h2-3,16H,4-9H2,1H3,(H,14,15). The van der Waals surface area contributed by atoms with Crippen molar-refractivity contribution in [2.75, 3.05) is 19.8 Å². The molecule has 2 heterocycles. The van der Waals surface area contributed by atoms with E-state index < -0.39 is 5.60 Å². The highest BCUT2D eigenvalue weighted by molar-refractivity contribution is 5.76. The van der Waals surface area contributed by atoms with E-state index >= 15 is 0 Å². The van der Waals surface area contributed by atoms with Crippen LogP contribution in [0.1, 0.15) is 24.4 Å². The molecule has 0 saturated carbocycles. The first-order chi connectivity index (χ1) is 8.57. The number of rotatable bonds is 5. The minimum Gasteiger partial charge on any atom is -0.466 e. The van der Waals surface area contributed by atoms with Crippen LogP contribution in [0, 0.1) is 6.92 Å². The molecule has 1 atom stereocenters. The molecule has 1 unspecified atom stereocenters. The molecular formula is C13H19NO4. The van der Waals surface area contributed by atoms with Crippen LogP contribution in [0.4, 0.5) is 0 Å². The first-order valence-corrected chi connectivity index (χ1v) is 6.20. The summed E-state index contributed by atoms with van der Waals surface area (Å²) in [6.07, 6.45) is 1.52. The van der Waals surface area contributed by atoms with Crippen molar-refractivity contribution in [3.05, 3.63) is 23.7 Å². The smallest absolute Gasteiger partial charge is 0.220 e. The van der Waals surface area contributed by atoms with E-state index in [0.29, 0.717) is 32.5 Å². The van der Waals surface area contributed by atoms with Gasteiger partial charge >= 0.3 is 0 Å². The topological polar surface area (TPSA) is 71.7 Å². The van der Waals surface area contributed by atoms with Crippen molar-refractivity contribution >= 4 is 5.91 Å². The van der Waals surface area contributed by atoms with Crippen LogP contribution in [-0.2, 0) is 16.0 Å². The van der Waals surface area contributed by atoms with Crippen molar-refractivity contribution in [1.82, 2.24) is 5.32 Å².